The zero-order valence-electron chi connectivity index (χ0n) is 20.0. The topological polar surface area (TPSA) is 124 Å². The molecule has 1 saturated carbocycles. The van der Waals surface area contributed by atoms with Gasteiger partial charge >= 0.3 is 0 Å². The van der Waals surface area contributed by atoms with Crippen LogP contribution in [0.15, 0.2) is 81.3 Å². The summed E-state index contributed by atoms with van der Waals surface area (Å²) in [5.74, 6) is -1.39. The third kappa shape index (κ3) is 3.33. The van der Waals surface area contributed by atoms with E-state index in [4.69, 9.17) is 10.1 Å². The lowest BCUT2D eigenvalue weighted by Crippen LogP contribution is -2.44. The molecule has 1 aliphatic heterocycles. The maximum absolute atomic E-state index is 14.5. The number of aromatic nitrogens is 3. The highest BCUT2D eigenvalue weighted by Gasteiger charge is 2.65. The SMILES string of the molecule is CC1(C)C2=C3C=C(c4c(F)cccc4F)N=NC3[C@]1(c1cncc(-c3cc(S(N)(=O)=O)ccn3)n1)CC2. The summed E-state index contributed by atoms with van der Waals surface area (Å²) in [6.45, 7) is 4.23. The average Bonchev–Trinajstić information content (AvgIpc) is 3.24. The molecule has 2 bridgehead atoms. The first kappa shape index (κ1) is 23.7. The van der Waals surface area contributed by atoms with Gasteiger partial charge in [0.2, 0.25) is 10.0 Å². The number of hydrogen-bond donors (Lipinski definition) is 1. The quantitative estimate of drug-likeness (QED) is 0.534. The Hall–Kier alpha value is -3.70. The second-order valence-electron chi connectivity index (χ2n) is 9.99. The Morgan fingerprint density at radius 2 is 1.84 bits per heavy atom. The molecule has 1 fully saturated rings. The van der Waals surface area contributed by atoms with Gasteiger partial charge in [0.1, 0.15) is 23.4 Å². The van der Waals surface area contributed by atoms with Gasteiger partial charge < -0.3 is 0 Å². The number of primary sulfonamides is 1. The zero-order valence-corrected chi connectivity index (χ0v) is 20.8. The first-order valence-corrected chi connectivity index (χ1v) is 13.2. The van der Waals surface area contributed by atoms with Gasteiger partial charge in [-0.1, -0.05) is 25.5 Å². The number of allylic oxidation sites excluding steroid dienone is 1. The average molecular weight is 521 g/mol. The molecule has 2 N–H and O–H groups in total. The van der Waals surface area contributed by atoms with Crippen molar-refractivity contribution >= 4 is 15.7 Å². The lowest BCUT2D eigenvalue weighted by atomic mass is 9.64. The summed E-state index contributed by atoms with van der Waals surface area (Å²) in [6, 6.07) is 5.99. The van der Waals surface area contributed by atoms with Crippen molar-refractivity contribution < 1.29 is 17.2 Å². The summed E-state index contributed by atoms with van der Waals surface area (Å²) >= 11 is 0. The number of nitrogens with zero attached hydrogens (tertiary/aromatic N) is 5. The summed E-state index contributed by atoms with van der Waals surface area (Å²) < 4.78 is 52.7. The maximum Gasteiger partial charge on any atom is 0.238 e. The van der Waals surface area contributed by atoms with Crippen LogP contribution < -0.4 is 5.14 Å². The molecule has 8 nitrogen and oxygen atoms in total. The lowest BCUT2D eigenvalue weighted by molar-refractivity contribution is 0.225. The van der Waals surface area contributed by atoms with Crippen LogP contribution in [0.25, 0.3) is 17.1 Å². The Morgan fingerprint density at radius 1 is 1.08 bits per heavy atom. The monoisotopic (exact) mass is 520 g/mol. The number of benzene rings is 1. The standard InChI is InChI=1S/C26H22F2N6O2S/c1-25(2)16-6-8-26(25,24-15(16)11-20(33-34-24)23-17(27)4-3-5-18(23)28)22-13-30-12-21(32-22)19-10-14(7-9-31-19)37(29,35)36/h3-5,7,9-13,24H,6,8H2,1-2H3,(H2,29,35,36)/t24?,26-/m1/s1. The van der Waals surface area contributed by atoms with Gasteiger partial charge in [-0.2, -0.15) is 10.2 Å². The van der Waals surface area contributed by atoms with E-state index < -0.39 is 38.5 Å². The molecule has 11 heteroatoms. The van der Waals surface area contributed by atoms with Gasteiger partial charge in [0.15, 0.2) is 0 Å². The normalized spacial score (nSPS) is 23.8. The molecular weight excluding hydrogens is 498 g/mol. The minimum atomic E-state index is -3.92. The number of fused-ring (bicyclic) bond motifs is 4. The second-order valence-corrected chi connectivity index (χ2v) is 11.5. The van der Waals surface area contributed by atoms with E-state index in [1.54, 1.807) is 12.3 Å². The minimum absolute atomic E-state index is 0.0738. The fourth-order valence-electron chi connectivity index (χ4n) is 6.14. The molecule has 0 amide bonds. The summed E-state index contributed by atoms with van der Waals surface area (Å²) in [7, 11) is -3.92. The number of azo groups is 1. The number of rotatable bonds is 4. The number of hydrogen-bond acceptors (Lipinski definition) is 7. The smallest absolute Gasteiger partial charge is 0.238 e. The van der Waals surface area contributed by atoms with E-state index in [-0.39, 0.29) is 16.2 Å². The van der Waals surface area contributed by atoms with E-state index in [1.165, 1.54) is 42.7 Å². The van der Waals surface area contributed by atoms with E-state index in [0.29, 0.717) is 17.1 Å². The van der Waals surface area contributed by atoms with E-state index in [1.807, 2.05) is 0 Å². The van der Waals surface area contributed by atoms with Crippen molar-refractivity contribution in [1.29, 1.82) is 0 Å². The highest BCUT2D eigenvalue weighted by atomic mass is 32.2. The van der Waals surface area contributed by atoms with E-state index in [9.17, 15) is 17.2 Å². The zero-order chi connectivity index (χ0) is 26.2. The molecule has 2 aliphatic carbocycles. The second kappa shape index (κ2) is 7.90. The van der Waals surface area contributed by atoms with Gasteiger partial charge in [-0.25, -0.2) is 27.3 Å². The number of halogens is 2. The van der Waals surface area contributed by atoms with Crippen LogP contribution in [-0.2, 0) is 15.4 Å². The van der Waals surface area contributed by atoms with Crippen molar-refractivity contribution in [3.05, 3.63) is 89.0 Å². The Kier molecular flexibility index (Phi) is 5.06. The molecule has 6 rings (SSSR count). The van der Waals surface area contributed by atoms with Crippen LogP contribution in [0.1, 0.15) is 37.9 Å². The van der Waals surface area contributed by atoms with Gasteiger partial charge in [-0.3, -0.25) is 9.97 Å². The van der Waals surface area contributed by atoms with Crippen molar-refractivity contribution in [3.8, 4) is 11.4 Å². The fourth-order valence-corrected chi connectivity index (χ4v) is 6.67. The Morgan fingerprint density at radius 3 is 2.57 bits per heavy atom. The molecule has 188 valence electrons. The fraction of sp³-hybridized carbons (Fsp3) is 0.269. The third-order valence-electron chi connectivity index (χ3n) is 7.95. The van der Waals surface area contributed by atoms with Crippen LogP contribution in [0.4, 0.5) is 8.78 Å². The van der Waals surface area contributed by atoms with Crippen LogP contribution >= 0.6 is 0 Å². The molecule has 2 aromatic heterocycles. The van der Waals surface area contributed by atoms with Crippen LogP contribution in [0.3, 0.4) is 0 Å². The van der Waals surface area contributed by atoms with Crippen molar-refractivity contribution in [2.45, 2.75) is 43.0 Å². The van der Waals surface area contributed by atoms with E-state index in [2.05, 4.69) is 34.0 Å². The van der Waals surface area contributed by atoms with Crippen LogP contribution in [0.5, 0.6) is 0 Å². The van der Waals surface area contributed by atoms with Crippen LogP contribution in [0.2, 0.25) is 0 Å². The Labute approximate surface area is 212 Å². The molecule has 0 spiro atoms. The summed E-state index contributed by atoms with van der Waals surface area (Å²) in [5.41, 5.74) is 2.38. The summed E-state index contributed by atoms with van der Waals surface area (Å²) in [6.07, 6.45) is 7.81. The highest BCUT2D eigenvalue weighted by Crippen LogP contribution is 2.67. The molecule has 3 aromatic rings. The van der Waals surface area contributed by atoms with Crippen molar-refractivity contribution in [1.82, 2.24) is 15.0 Å². The lowest BCUT2D eigenvalue weighted by Gasteiger charge is -2.40. The van der Waals surface area contributed by atoms with Crippen LogP contribution in [-0.4, -0.2) is 29.4 Å². The maximum atomic E-state index is 14.5. The van der Waals surface area contributed by atoms with E-state index in [0.717, 1.165) is 24.0 Å². The predicted molar refractivity (Wildman–Crippen MR) is 131 cm³/mol. The number of sulfonamides is 1. The molecule has 0 saturated heterocycles. The molecule has 0 radical (unpaired) electrons. The van der Waals surface area contributed by atoms with E-state index >= 15 is 0 Å². The summed E-state index contributed by atoms with van der Waals surface area (Å²) in [5, 5.41) is 14.2. The van der Waals surface area contributed by atoms with Crippen molar-refractivity contribution in [2.75, 3.05) is 0 Å². The largest absolute Gasteiger partial charge is 0.260 e. The highest BCUT2D eigenvalue weighted by molar-refractivity contribution is 7.89. The minimum Gasteiger partial charge on any atom is -0.260 e. The number of pyridine rings is 1. The van der Waals surface area contributed by atoms with Gasteiger partial charge in [-0.15, -0.1) is 0 Å². The molecule has 3 aliphatic rings. The number of nitrogens with two attached hydrogens (primary N) is 1. The van der Waals surface area contributed by atoms with Gasteiger partial charge in [0, 0.05) is 12.4 Å². The third-order valence-corrected chi connectivity index (χ3v) is 8.87. The van der Waals surface area contributed by atoms with Gasteiger partial charge in [0.05, 0.1) is 39.2 Å². The molecule has 37 heavy (non-hydrogen) atoms. The first-order chi connectivity index (χ1) is 17.5. The van der Waals surface area contributed by atoms with Gasteiger partial charge in [-0.05, 0) is 54.2 Å². The van der Waals surface area contributed by atoms with Gasteiger partial charge in [0.25, 0.3) is 0 Å². The molecule has 2 atom stereocenters. The molecular formula is C26H22F2N6O2S. The summed E-state index contributed by atoms with van der Waals surface area (Å²) in [4.78, 5) is 13.5. The van der Waals surface area contributed by atoms with Crippen LogP contribution in [0, 0.1) is 17.0 Å². The predicted octanol–water partition coefficient (Wildman–Crippen LogP) is 4.71. The Bertz CT molecular complexity index is 1660. The molecule has 3 heterocycles. The molecule has 1 aromatic carbocycles. The first-order valence-electron chi connectivity index (χ1n) is 11.7. The van der Waals surface area contributed by atoms with Crippen molar-refractivity contribution in [2.24, 2.45) is 20.8 Å². The van der Waals surface area contributed by atoms with Crippen molar-refractivity contribution in [3.63, 3.8) is 0 Å². The Balaban J connectivity index is 1.46. The molecule has 1 unspecified atom stereocenters.